The maximum atomic E-state index is 3.66. The van der Waals surface area contributed by atoms with Gasteiger partial charge in [-0.3, -0.25) is 0 Å². The van der Waals surface area contributed by atoms with Crippen LogP contribution in [0, 0.1) is 0 Å². The summed E-state index contributed by atoms with van der Waals surface area (Å²) in [5.41, 5.74) is 0. The fraction of sp³-hybridized carbons (Fsp3) is 0.500. The summed E-state index contributed by atoms with van der Waals surface area (Å²) >= 11 is 9.68. The molecule has 0 nitrogen and oxygen atoms in total. The van der Waals surface area contributed by atoms with E-state index in [1.807, 2.05) is 11.3 Å². The van der Waals surface area contributed by atoms with Gasteiger partial charge in [-0.2, -0.15) is 0 Å². The van der Waals surface area contributed by atoms with E-state index in [-0.39, 0.29) is 0 Å². The Morgan fingerprint density at radius 2 is 2.00 bits per heavy atom. The summed E-state index contributed by atoms with van der Waals surface area (Å²) in [5.74, 6) is 0. The van der Waals surface area contributed by atoms with Crippen LogP contribution in [-0.2, 0) is 6.42 Å². The molecule has 2 aromatic rings. The molecule has 0 aliphatic carbocycles. The van der Waals surface area contributed by atoms with Crippen molar-refractivity contribution in [3.63, 3.8) is 0 Å². The van der Waals surface area contributed by atoms with E-state index in [1.54, 1.807) is 8.70 Å². The zero-order chi connectivity index (χ0) is 11.5. The molecular weight excluding hydrogens is 415 g/mol. The summed E-state index contributed by atoms with van der Waals surface area (Å²) in [7, 11) is 0. The maximum absolute atomic E-state index is 3.66. The number of thiophene rings is 1. The molecule has 0 aromatic carbocycles. The number of hydrogen-bond acceptors (Lipinski definition) is 1. The first kappa shape index (κ1) is 13.4. The van der Waals surface area contributed by atoms with Crippen molar-refractivity contribution in [3.8, 4) is 0 Å². The SMILES string of the molecule is CCCCCCc1cc2c(Br)sc(Br)c2[se]1. The molecule has 0 bridgehead atoms. The van der Waals surface area contributed by atoms with Crippen LogP contribution in [0.1, 0.15) is 37.0 Å². The van der Waals surface area contributed by atoms with E-state index in [0.29, 0.717) is 14.5 Å². The molecular formula is C12H14Br2SSe. The van der Waals surface area contributed by atoms with Gasteiger partial charge in [0.2, 0.25) is 0 Å². The van der Waals surface area contributed by atoms with Gasteiger partial charge >= 0.3 is 124 Å². The van der Waals surface area contributed by atoms with E-state index in [2.05, 4.69) is 44.8 Å². The molecule has 0 fully saturated rings. The molecule has 2 aromatic heterocycles. The minimum atomic E-state index is 0.572. The fourth-order valence-electron chi connectivity index (χ4n) is 1.76. The van der Waals surface area contributed by atoms with Gasteiger partial charge in [-0.25, -0.2) is 0 Å². The standard InChI is InChI=1S/C12H14Br2SSe/c1-2-3-4-5-6-8-7-9-10(16-8)12(14)15-11(9)13/h7H,2-6H2,1H3. The third-order valence-corrected chi connectivity index (χ3v) is 8.63. The van der Waals surface area contributed by atoms with Gasteiger partial charge in [0.15, 0.2) is 0 Å². The first-order valence-corrected chi connectivity index (χ1v) is 9.70. The van der Waals surface area contributed by atoms with Gasteiger partial charge in [0.05, 0.1) is 0 Å². The molecule has 2 heterocycles. The molecule has 2 rings (SSSR count). The van der Waals surface area contributed by atoms with E-state index in [0.717, 1.165) is 0 Å². The van der Waals surface area contributed by atoms with Crippen molar-refractivity contribution < 1.29 is 0 Å². The van der Waals surface area contributed by atoms with Crippen molar-refractivity contribution in [1.82, 2.24) is 0 Å². The molecule has 4 heteroatoms. The van der Waals surface area contributed by atoms with Gasteiger partial charge in [-0.15, -0.1) is 0 Å². The molecule has 0 saturated carbocycles. The first-order chi connectivity index (χ1) is 7.72. The quantitative estimate of drug-likeness (QED) is 0.429. The zero-order valence-corrected chi connectivity index (χ0v) is 14.9. The van der Waals surface area contributed by atoms with Crippen molar-refractivity contribution in [1.29, 1.82) is 0 Å². The van der Waals surface area contributed by atoms with Crippen molar-refractivity contribution >= 4 is 67.3 Å². The second-order valence-electron chi connectivity index (χ2n) is 3.92. The monoisotopic (exact) mass is 428 g/mol. The number of hydrogen-bond donors (Lipinski definition) is 0. The predicted octanol–water partition coefficient (Wildman–Crippen LogP) is 5.61. The summed E-state index contributed by atoms with van der Waals surface area (Å²) in [5, 5.41) is 1.45. The van der Waals surface area contributed by atoms with E-state index in [1.165, 1.54) is 45.1 Å². The van der Waals surface area contributed by atoms with Gasteiger partial charge in [0.25, 0.3) is 0 Å². The number of unbranched alkanes of at least 4 members (excludes halogenated alkanes) is 3. The minimum absolute atomic E-state index is 0.572. The molecule has 88 valence electrons. The van der Waals surface area contributed by atoms with Crippen molar-refractivity contribution in [3.05, 3.63) is 18.1 Å². The predicted molar refractivity (Wildman–Crippen MR) is 82.0 cm³/mol. The summed E-state index contributed by atoms with van der Waals surface area (Å²) in [4.78, 5) is 0. The Morgan fingerprint density at radius 1 is 1.19 bits per heavy atom. The van der Waals surface area contributed by atoms with E-state index in [4.69, 9.17) is 0 Å². The number of rotatable bonds is 5. The van der Waals surface area contributed by atoms with Crippen LogP contribution >= 0.6 is 43.2 Å². The molecule has 0 saturated heterocycles. The van der Waals surface area contributed by atoms with Crippen molar-refractivity contribution in [2.75, 3.05) is 0 Å². The van der Waals surface area contributed by atoms with Crippen molar-refractivity contribution in [2.45, 2.75) is 39.0 Å². The molecule has 0 radical (unpaired) electrons. The molecule has 16 heavy (non-hydrogen) atoms. The summed E-state index contributed by atoms with van der Waals surface area (Å²) < 4.78 is 5.84. The fourth-order valence-corrected chi connectivity index (χ4v) is 8.06. The van der Waals surface area contributed by atoms with Crippen LogP contribution in [0.3, 0.4) is 0 Å². The molecule has 0 amide bonds. The Morgan fingerprint density at radius 3 is 2.69 bits per heavy atom. The Hall–Kier alpha value is 0.919. The average Bonchev–Trinajstić information content (AvgIpc) is 2.77. The Kier molecular flexibility index (Phi) is 5.17. The van der Waals surface area contributed by atoms with Crippen LogP contribution in [0.5, 0.6) is 0 Å². The first-order valence-electron chi connectivity index (χ1n) is 5.58. The number of fused-ring (bicyclic) bond motifs is 1. The van der Waals surface area contributed by atoms with E-state index in [9.17, 15) is 0 Å². The third kappa shape index (κ3) is 3.02. The topological polar surface area (TPSA) is 0 Å². The van der Waals surface area contributed by atoms with Crippen LogP contribution in [0.4, 0.5) is 0 Å². The van der Waals surface area contributed by atoms with E-state index < -0.39 is 0 Å². The molecule has 0 N–H and O–H groups in total. The van der Waals surface area contributed by atoms with E-state index >= 15 is 0 Å². The zero-order valence-electron chi connectivity index (χ0n) is 9.19. The van der Waals surface area contributed by atoms with Gasteiger partial charge in [0.1, 0.15) is 0 Å². The Labute approximate surface area is 123 Å². The summed E-state index contributed by atoms with van der Waals surface area (Å²) in [6.07, 6.45) is 6.77. The van der Waals surface area contributed by atoms with Crippen LogP contribution in [0.25, 0.3) is 9.65 Å². The average molecular weight is 429 g/mol. The number of aryl methyl sites for hydroxylation is 1. The van der Waals surface area contributed by atoms with Gasteiger partial charge in [0, 0.05) is 0 Å². The Bertz CT molecular complexity index is 438. The molecule has 0 aliphatic heterocycles. The van der Waals surface area contributed by atoms with Gasteiger partial charge in [-0.05, 0) is 0 Å². The molecule has 0 spiro atoms. The van der Waals surface area contributed by atoms with Crippen LogP contribution in [0.2, 0.25) is 0 Å². The van der Waals surface area contributed by atoms with Crippen LogP contribution < -0.4 is 0 Å². The molecule has 0 unspecified atom stereocenters. The van der Waals surface area contributed by atoms with Gasteiger partial charge < -0.3 is 0 Å². The normalized spacial score (nSPS) is 11.4. The van der Waals surface area contributed by atoms with Crippen LogP contribution in [0.15, 0.2) is 13.6 Å². The second kappa shape index (κ2) is 6.19. The Balaban J connectivity index is 2.05. The number of halogens is 2. The van der Waals surface area contributed by atoms with Gasteiger partial charge in [-0.1, -0.05) is 0 Å². The second-order valence-corrected chi connectivity index (χ2v) is 9.96. The van der Waals surface area contributed by atoms with Crippen molar-refractivity contribution in [2.24, 2.45) is 0 Å². The third-order valence-electron chi connectivity index (χ3n) is 2.63. The molecule has 0 aliphatic rings. The summed E-state index contributed by atoms with van der Waals surface area (Å²) in [6, 6.07) is 2.41. The van der Waals surface area contributed by atoms with Crippen LogP contribution in [-0.4, -0.2) is 14.5 Å². The molecule has 0 atom stereocenters. The summed E-state index contributed by atoms with van der Waals surface area (Å²) in [6.45, 7) is 2.27.